The maximum absolute atomic E-state index is 13.1. The number of hydrogen-bond donors (Lipinski definition) is 3. The molecule has 1 saturated heterocycles. The summed E-state index contributed by atoms with van der Waals surface area (Å²) in [5, 5.41) is 25.8. The third-order valence-corrected chi connectivity index (χ3v) is 5.69. The minimum Gasteiger partial charge on any atom is -0.369 e. The zero-order chi connectivity index (χ0) is 21.8. The van der Waals surface area contributed by atoms with Gasteiger partial charge in [0.25, 0.3) is 5.91 Å². The number of aliphatic hydroxyl groups excluding tert-OH is 1. The summed E-state index contributed by atoms with van der Waals surface area (Å²) in [5.41, 5.74) is 0.849. The van der Waals surface area contributed by atoms with Crippen LogP contribution in [0.5, 0.6) is 0 Å². The third kappa shape index (κ3) is 4.46. The summed E-state index contributed by atoms with van der Waals surface area (Å²) in [5.74, 6) is -1.24. The Balaban J connectivity index is 1.76. The molecule has 3 rings (SSSR count). The molecule has 4 atom stereocenters. The van der Waals surface area contributed by atoms with Crippen LogP contribution < -0.4 is 10.6 Å². The Morgan fingerprint density at radius 2 is 2.10 bits per heavy atom. The topological polar surface area (TPSA) is 123 Å². The van der Waals surface area contributed by atoms with Crippen LogP contribution in [0.2, 0.25) is 0 Å². The van der Waals surface area contributed by atoms with Crippen LogP contribution in [0.1, 0.15) is 61.7 Å². The molecule has 160 valence electrons. The molecule has 0 saturated carbocycles. The minimum absolute atomic E-state index is 0.0779. The van der Waals surface area contributed by atoms with Gasteiger partial charge in [0.2, 0.25) is 11.8 Å². The molecule has 2 aliphatic rings. The van der Waals surface area contributed by atoms with E-state index in [2.05, 4.69) is 16.7 Å². The second-order valence-electron chi connectivity index (χ2n) is 8.37. The Hall–Kier alpha value is -2.92. The number of carbonyl (C=O) groups is 3. The van der Waals surface area contributed by atoms with E-state index in [1.54, 1.807) is 24.3 Å². The average molecular weight is 412 g/mol. The van der Waals surface area contributed by atoms with E-state index in [1.807, 2.05) is 13.8 Å². The third-order valence-electron chi connectivity index (χ3n) is 5.69. The van der Waals surface area contributed by atoms with Crippen molar-refractivity contribution in [1.29, 1.82) is 5.26 Å². The van der Waals surface area contributed by atoms with Gasteiger partial charge in [0.05, 0.1) is 6.07 Å². The van der Waals surface area contributed by atoms with Crippen LogP contribution in [0.4, 0.5) is 0 Å². The van der Waals surface area contributed by atoms with E-state index >= 15 is 0 Å². The molecule has 0 spiro atoms. The smallest absolute Gasteiger partial charge is 0.257 e. The normalized spacial score (nSPS) is 22.8. The number of fused-ring (bicyclic) bond motifs is 1. The van der Waals surface area contributed by atoms with Crippen molar-refractivity contribution in [3.05, 3.63) is 35.4 Å². The number of nitrogens with one attached hydrogen (secondary N) is 2. The number of amides is 3. The lowest BCUT2D eigenvalue weighted by Gasteiger charge is -2.32. The van der Waals surface area contributed by atoms with Crippen LogP contribution in [0, 0.1) is 23.2 Å². The first-order chi connectivity index (χ1) is 14.3. The zero-order valence-electron chi connectivity index (χ0n) is 17.3. The Kier molecular flexibility index (Phi) is 6.73. The molecule has 1 fully saturated rings. The standard InChI is InChI=1S/C22H28N4O4/c1-13(2)10-18(26-21(29)16-7-3-4-8-17(16)22(26)30)20(28)25-15(12-23)11-14-6-5-9-24-19(14)27/h3-4,7-8,13-15,18,21,29H,5-6,9-11H2,1-2H3,(H,24,27)(H,25,28)/t14-,15-,18-,21?/m0/s1. The predicted molar refractivity (Wildman–Crippen MR) is 109 cm³/mol. The molecule has 0 aromatic heterocycles. The van der Waals surface area contributed by atoms with E-state index < -0.39 is 30.1 Å². The Morgan fingerprint density at radius 3 is 2.73 bits per heavy atom. The Morgan fingerprint density at radius 1 is 1.37 bits per heavy atom. The minimum atomic E-state index is -1.21. The molecule has 1 aromatic carbocycles. The molecule has 2 heterocycles. The summed E-state index contributed by atoms with van der Waals surface area (Å²) in [4.78, 5) is 39.3. The molecule has 2 aliphatic heterocycles. The van der Waals surface area contributed by atoms with Crippen molar-refractivity contribution in [3.8, 4) is 6.07 Å². The molecular weight excluding hydrogens is 384 g/mol. The van der Waals surface area contributed by atoms with Gasteiger partial charge in [-0.15, -0.1) is 0 Å². The van der Waals surface area contributed by atoms with Crippen LogP contribution in [-0.4, -0.2) is 46.4 Å². The maximum Gasteiger partial charge on any atom is 0.257 e. The summed E-state index contributed by atoms with van der Waals surface area (Å²) >= 11 is 0. The first-order valence-corrected chi connectivity index (χ1v) is 10.4. The number of rotatable bonds is 7. The summed E-state index contributed by atoms with van der Waals surface area (Å²) in [7, 11) is 0. The molecule has 3 N–H and O–H groups in total. The summed E-state index contributed by atoms with van der Waals surface area (Å²) in [6, 6.07) is 7.04. The molecule has 8 heteroatoms. The highest BCUT2D eigenvalue weighted by molar-refractivity contribution is 6.01. The summed E-state index contributed by atoms with van der Waals surface area (Å²) < 4.78 is 0. The lowest BCUT2D eigenvalue weighted by molar-refractivity contribution is -0.131. The largest absolute Gasteiger partial charge is 0.369 e. The predicted octanol–water partition coefficient (Wildman–Crippen LogP) is 1.47. The van der Waals surface area contributed by atoms with E-state index in [0.717, 1.165) is 6.42 Å². The SMILES string of the molecule is CC(C)C[C@@H](C(=O)N[C@H](C#N)C[C@@H]1CCCNC1=O)N1C(=O)c2ccccc2C1O. The van der Waals surface area contributed by atoms with Gasteiger partial charge in [-0.25, -0.2) is 0 Å². The monoisotopic (exact) mass is 412 g/mol. The molecular formula is C22H28N4O4. The van der Waals surface area contributed by atoms with Crippen molar-refractivity contribution in [3.63, 3.8) is 0 Å². The van der Waals surface area contributed by atoms with Crippen LogP contribution in [0.25, 0.3) is 0 Å². The summed E-state index contributed by atoms with van der Waals surface area (Å²) in [6.45, 7) is 4.48. The van der Waals surface area contributed by atoms with Gasteiger partial charge in [0.1, 0.15) is 12.1 Å². The highest BCUT2D eigenvalue weighted by Crippen LogP contribution is 2.34. The van der Waals surface area contributed by atoms with Gasteiger partial charge in [0, 0.05) is 23.6 Å². The van der Waals surface area contributed by atoms with Gasteiger partial charge < -0.3 is 15.7 Å². The van der Waals surface area contributed by atoms with Gasteiger partial charge in [-0.1, -0.05) is 32.0 Å². The van der Waals surface area contributed by atoms with Gasteiger partial charge in [-0.05, 0) is 37.7 Å². The quantitative estimate of drug-likeness (QED) is 0.626. The van der Waals surface area contributed by atoms with E-state index in [0.29, 0.717) is 30.5 Å². The van der Waals surface area contributed by atoms with Crippen molar-refractivity contribution in [1.82, 2.24) is 15.5 Å². The van der Waals surface area contributed by atoms with Gasteiger partial charge in [0.15, 0.2) is 6.23 Å². The lowest BCUT2D eigenvalue weighted by Crippen LogP contribution is -2.52. The first-order valence-electron chi connectivity index (χ1n) is 10.4. The van der Waals surface area contributed by atoms with E-state index in [1.165, 1.54) is 4.90 Å². The van der Waals surface area contributed by atoms with Crippen LogP contribution in [-0.2, 0) is 9.59 Å². The number of benzene rings is 1. The molecule has 0 aliphatic carbocycles. The van der Waals surface area contributed by atoms with E-state index in [4.69, 9.17) is 0 Å². The maximum atomic E-state index is 13.1. The van der Waals surface area contributed by atoms with Crippen LogP contribution in [0.15, 0.2) is 24.3 Å². The van der Waals surface area contributed by atoms with Crippen molar-refractivity contribution < 1.29 is 19.5 Å². The highest BCUT2D eigenvalue weighted by atomic mass is 16.3. The summed E-state index contributed by atoms with van der Waals surface area (Å²) in [6.07, 6.45) is 0.858. The molecule has 1 aromatic rings. The number of piperidine rings is 1. The number of hydrogen-bond acceptors (Lipinski definition) is 5. The number of nitrogens with zero attached hydrogens (tertiary/aromatic N) is 2. The first kappa shape index (κ1) is 21.8. The average Bonchev–Trinajstić information content (AvgIpc) is 2.97. The van der Waals surface area contributed by atoms with Gasteiger partial charge >= 0.3 is 0 Å². The second-order valence-corrected chi connectivity index (χ2v) is 8.37. The molecule has 0 bridgehead atoms. The van der Waals surface area contributed by atoms with Crippen molar-refractivity contribution in [2.45, 2.75) is 57.8 Å². The number of aliphatic hydroxyl groups is 1. The molecule has 0 radical (unpaired) electrons. The Bertz CT molecular complexity index is 863. The molecule has 30 heavy (non-hydrogen) atoms. The fraction of sp³-hybridized carbons (Fsp3) is 0.545. The lowest BCUT2D eigenvalue weighted by atomic mass is 9.91. The molecule has 8 nitrogen and oxygen atoms in total. The van der Waals surface area contributed by atoms with Crippen molar-refractivity contribution >= 4 is 17.7 Å². The fourth-order valence-corrected chi connectivity index (χ4v) is 4.18. The fourth-order valence-electron chi connectivity index (χ4n) is 4.18. The highest BCUT2D eigenvalue weighted by Gasteiger charge is 2.43. The van der Waals surface area contributed by atoms with Gasteiger partial charge in [-0.2, -0.15) is 5.26 Å². The Labute approximate surface area is 176 Å². The molecule has 1 unspecified atom stereocenters. The second kappa shape index (κ2) is 9.26. The van der Waals surface area contributed by atoms with Gasteiger partial charge in [-0.3, -0.25) is 19.3 Å². The number of carbonyl (C=O) groups excluding carboxylic acids is 3. The van der Waals surface area contributed by atoms with Crippen molar-refractivity contribution in [2.24, 2.45) is 11.8 Å². The molecule has 3 amide bonds. The van der Waals surface area contributed by atoms with E-state index in [-0.39, 0.29) is 24.2 Å². The zero-order valence-corrected chi connectivity index (χ0v) is 17.3. The van der Waals surface area contributed by atoms with Crippen LogP contribution >= 0.6 is 0 Å². The van der Waals surface area contributed by atoms with Crippen LogP contribution in [0.3, 0.4) is 0 Å². The van der Waals surface area contributed by atoms with E-state index in [9.17, 15) is 24.8 Å². The number of nitriles is 1. The van der Waals surface area contributed by atoms with Crippen molar-refractivity contribution in [2.75, 3.05) is 6.54 Å².